The van der Waals surface area contributed by atoms with E-state index in [2.05, 4.69) is 4.99 Å². The molecule has 5 nitrogen and oxygen atoms in total. The monoisotopic (exact) mass is 440 g/mol. The Hall–Kier alpha value is -3.35. The molecule has 1 fully saturated rings. The van der Waals surface area contributed by atoms with Crippen LogP contribution in [0.25, 0.3) is 0 Å². The van der Waals surface area contributed by atoms with Crippen molar-refractivity contribution in [1.82, 2.24) is 4.90 Å². The lowest BCUT2D eigenvalue weighted by atomic mass is 9.83. The summed E-state index contributed by atoms with van der Waals surface area (Å²) in [5, 5.41) is 9.89. The van der Waals surface area contributed by atoms with Crippen LogP contribution < -0.4 is 0 Å². The van der Waals surface area contributed by atoms with E-state index in [0.29, 0.717) is 30.5 Å². The second-order valence-corrected chi connectivity index (χ2v) is 7.92. The van der Waals surface area contributed by atoms with Crippen LogP contribution in [0.15, 0.2) is 59.3 Å². The van der Waals surface area contributed by atoms with Crippen LogP contribution >= 0.6 is 0 Å². The van der Waals surface area contributed by atoms with Crippen LogP contribution in [0.4, 0.5) is 8.78 Å². The second-order valence-electron chi connectivity index (χ2n) is 7.92. The number of Topliss-reactive ketones (excluding diaryl/α,β-unsaturated/α-hetero) is 1. The standard InChI is InChI=1S/C25H26F2N2O3/c1-16-12-17(26)9-10-19(16)21(20-7-3-4-8-22(20)27)13-18-6-5-11-29(18)25(32)14-23(30)24(31)15-28-2/h3-4,7-10,12,14-15,18,21,30H,5-6,11,13H2,1-2H3/b23-14-,28-15?/t18-,21+/m1/s1. The van der Waals surface area contributed by atoms with Crippen molar-refractivity contribution in [1.29, 1.82) is 0 Å². The fraction of sp³-hybridized carbons (Fsp3) is 0.320. The molecule has 0 aliphatic carbocycles. The number of benzene rings is 2. The number of aliphatic hydroxyl groups excluding tert-OH is 1. The molecule has 0 saturated carbocycles. The molecule has 1 saturated heterocycles. The summed E-state index contributed by atoms with van der Waals surface area (Å²) in [5.74, 6) is -3.02. The van der Waals surface area contributed by atoms with E-state index < -0.39 is 17.4 Å². The molecule has 2 aromatic carbocycles. The van der Waals surface area contributed by atoms with Gasteiger partial charge >= 0.3 is 0 Å². The zero-order valence-electron chi connectivity index (χ0n) is 18.1. The van der Waals surface area contributed by atoms with Gasteiger partial charge in [-0.05, 0) is 61.1 Å². The molecule has 1 aliphatic heterocycles. The van der Waals surface area contributed by atoms with E-state index in [1.807, 2.05) is 0 Å². The van der Waals surface area contributed by atoms with Crippen molar-refractivity contribution >= 4 is 17.9 Å². The summed E-state index contributed by atoms with van der Waals surface area (Å²) in [7, 11) is 1.39. The predicted octanol–water partition coefficient (Wildman–Crippen LogP) is 4.50. The van der Waals surface area contributed by atoms with Crippen molar-refractivity contribution in [3.63, 3.8) is 0 Å². The second kappa shape index (κ2) is 10.3. The minimum Gasteiger partial charge on any atom is -0.504 e. The van der Waals surface area contributed by atoms with Crippen LogP contribution in [0.2, 0.25) is 0 Å². The zero-order valence-corrected chi connectivity index (χ0v) is 18.1. The Morgan fingerprint density at radius 1 is 1.22 bits per heavy atom. The van der Waals surface area contributed by atoms with Gasteiger partial charge < -0.3 is 10.0 Å². The lowest BCUT2D eigenvalue weighted by Crippen LogP contribution is -2.36. The molecule has 1 N–H and O–H groups in total. The average Bonchev–Trinajstić information content (AvgIpc) is 3.21. The highest BCUT2D eigenvalue weighted by molar-refractivity contribution is 6.34. The van der Waals surface area contributed by atoms with E-state index in [-0.39, 0.29) is 23.6 Å². The van der Waals surface area contributed by atoms with Gasteiger partial charge in [0, 0.05) is 31.6 Å². The predicted molar refractivity (Wildman–Crippen MR) is 119 cm³/mol. The van der Waals surface area contributed by atoms with Gasteiger partial charge in [0.05, 0.1) is 6.21 Å². The molecule has 0 bridgehead atoms. The number of nitrogens with zero attached hydrogens (tertiary/aromatic N) is 2. The molecule has 32 heavy (non-hydrogen) atoms. The summed E-state index contributed by atoms with van der Waals surface area (Å²) < 4.78 is 28.5. The third-order valence-electron chi connectivity index (χ3n) is 5.81. The van der Waals surface area contributed by atoms with Gasteiger partial charge in [-0.2, -0.15) is 0 Å². The van der Waals surface area contributed by atoms with Crippen LogP contribution in [-0.2, 0) is 9.59 Å². The number of halogens is 2. The average molecular weight is 440 g/mol. The number of hydrogen-bond donors (Lipinski definition) is 1. The van der Waals surface area contributed by atoms with E-state index in [9.17, 15) is 23.5 Å². The third kappa shape index (κ3) is 5.28. The number of amides is 1. The molecular weight excluding hydrogens is 414 g/mol. The first-order valence-corrected chi connectivity index (χ1v) is 10.5. The molecule has 1 heterocycles. The highest BCUT2D eigenvalue weighted by Crippen LogP contribution is 2.36. The van der Waals surface area contributed by atoms with E-state index in [1.165, 1.54) is 25.2 Å². The molecule has 2 atom stereocenters. The number of aliphatic imine (C=N–C) groups is 1. The number of hydrogen-bond acceptors (Lipinski definition) is 4. The Morgan fingerprint density at radius 3 is 2.66 bits per heavy atom. The Morgan fingerprint density at radius 2 is 1.97 bits per heavy atom. The van der Waals surface area contributed by atoms with Crippen molar-refractivity contribution in [2.75, 3.05) is 13.6 Å². The maximum Gasteiger partial charge on any atom is 0.250 e. The zero-order chi connectivity index (χ0) is 23.3. The highest BCUT2D eigenvalue weighted by atomic mass is 19.1. The first-order valence-electron chi connectivity index (χ1n) is 10.5. The summed E-state index contributed by atoms with van der Waals surface area (Å²) in [5.41, 5.74) is 1.98. The Kier molecular flexibility index (Phi) is 7.51. The quantitative estimate of drug-likeness (QED) is 0.392. The summed E-state index contributed by atoms with van der Waals surface area (Å²) >= 11 is 0. The number of allylic oxidation sites excluding steroid dienone is 1. The Balaban J connectivity index is 1.92. The summed E-state index contributed by atoms with van der Waals surface area (Å²) in [4.78, 5) is 29.6. The first kappa shape index (κ1) is 23.3. The number of rotatable bonds is 7. The number of aryl methyl sites for hydroxylation is 1. The van der Waals surface area contributed by atoms with Crippen molar-refractivity contribution in [2.45, 2.75) is 38.1 Å². The Bertz CT molecular complexity index is 1060. The molecule has 2 aromatic rings. The fourth-order valence-electron chi connectivity index (χ4n) is 4.31. The van der Waals surface area contributed by atoms with Gasteiger partial charge in [0.15, 0.2) is 5.76 Å². The minimum absolute atomic E-state index is 0.226. The Labute approximate surface area is 186 Å². The maximum absolute atomic E-state index is 14.8. The van der Waals surface area contributed by atoms with Crippen LogP contribution in [0.1, 0.15) is 41.9 Å². The summed E-state index contributed by atoms with van der Waals surface area (Å²) in [6.07, 6.45) is 3.73. The van der Waals surface area contributed by atoms with Gasteiger partial charge in [-0.3, -0.25) is 14.6 Å². The van der Waals surface area contributed by atoms with Crippen molar-refractivity contribution < 1.29 is 23.5 Å². The van der Waals surface area contributed by atoms with E-state index >= 15 is 0 Å². The summed E-state index contributed by atoms with van der Waals surface area (Å²) in [6.45, 7) is 2.25. The molecule has 1 aliphatic rings. The topological polar surface area (TPSA) is 70.0 Å². The van der Waals surface area contributed by atoms with Gasteiger partial charge in [-0.15, -0.1) is 0 Å². The number of aliphatic hydroxyl groups is 1. The van der Waals surface area contributed by atoms with Gasteiger partial charge in [-0.1, -0.05) is 24.3 Å². The molecule has 3 rings (SSSR count). The van der Waals surface area contributed by atoms with Crippen LogP contribution in [0, 0.1) is 18.6 Å². The van der Waals surface area contributed by atoms with Gasteiger partial charge in [0.1, 0.15) is 11.6 Å². The first-order chi connectivity index (χ1) is 15.3. The van der Waals surface area contributed by atoms with Gasteiger partial charge in [-0.25, -0.2) is 8.78 Å². The number of likely N-dealkylation sites (tertiary alicyclic amines) is 1. The SMILES string of the molecule is CN=CC(=O)/C(O)=C/C(=O)N1CCC[C@@H]1C[C@@H](c1ccc(F)cc1C)c1ccccc1F. The largest absolute Gasteiger partial charge is 0.504 e. The lowest BCUT2D eigenvalue weighted by molar-refractivity contribution is -0.127. The minimum atomic E-state index is -0.747. The van der Waals surface area contributed by atoms with E-state index in [1.54, 1.807) is 36.1 Å². The third-order valence-corrected chi connectivity index (χ3v) is 5.81. The molecule has 1 amide bonds. The van der Waals surface area contributed by atoms with Crippen molar-refractivity contribution in [2.24, 2.45) is 4.99 Å². The maximum atomic E-state index is 14.8. The van der Waals surface area contributed by atoms with Crippen LogP contribution in [0.3, 0.4) is 0 Å². The molecule has 0 radical (unpaired) electrons. The molecule has 0 unspecified atom stereocenters. The summed E-state index contributed by atoms with van der Waals surface area (Å²) in [6, 6.07) is 10.7. The molecule has 7 heteroatoms. The van der Waals surface area contributed by atoms with Gasteiger partial charge in [0.2, 0.25) is 5.78 Å². The van der Waals surface area contributed by atoms with E-state index in [0.717, 1.165) is 24.3 Å². The van der Waals surface area contributed by atoms with Gasteiger partial charge in [0.25, 0.3) is 5.91 Å². The molecular formula is C25H26F2N2O3. The normalized spacial score (nSPS) is 17.7. The molecule has 168 valence electrons. The molecule has 0 spiro atoms. The number of carbonyl (C=O) groups is 2. The lowest BCUT2D eigenvalue weighted by Gasteiger charge is -2.29. The van der Waals surface area contributed by atoms with Crippen LogP contribution in [0.5, 0.6) is 0 Å². The van der Waals surface area contributed by atoms with Crippen LogP contribution in [-0.4, -0.2) is 47.5 Å². The van der Waals surface area contributed by atoms with Crippen molar-refractivity contribution in [3.8, 4) is 0 Å². The van der Waals surface area contributed by atoms with Crippen molar-refractivity contribution in [3.05, 3.63) is 82.6 Å². The number of carbonyl (C=O) groups excluding carboxylic acids is 2. The van der Waals surface area contributed by atoms with E-state index in [4.69, 9.17) is 0 Å². The fourth-order valence-corrected chi connectivity index (χ4v) is 4.31. The smallest absolute Gasteiger partial charge is 0.250 e. The highest BCUT2D eigenvalue weighted by Gasteiger charge is 2.32. The number of ketones is 1. The molecule has 0 aromatic heterocycles.